The van der Waals surface area contributed by atoms with Crippen molar-refractivity contribution >= 4 is 5.97 Å². The fourth-order valence-corrected chi connectivity index (χ4v) is 4.35. The van der Waals surface area contributed by atoms with Crippen molar-refractivity contribution < 1.29 is 14.3 Å². The molecule has 0 saturated carbocycles. The van der Waals surface area contributed by atoms with Gasteiger partial charge in [-0.05, 0) is 81.2 Å². The number of rotatable bonds is 10. The van der Waals surface area contributed by atoms with E-state index in [0.717, 1.165) is 43.4 Å². The minimum absolute atomic E-state index is 0.196. The maximum absolute atomic E-state index is 12.2. The lowest BCUT2D eigenvalue weighted by atomic mass is 9.95. The number of fused-ring (bicyclic) bond motifs is 1. The first-order chi connectivity index (χ1) is 16.2. The van der Waals surface area contributed by atoms with Gasteiger partial charge in [0.05, 0.1) is 31.9 Å². The number of aromatic nitrogens is 4. The molecule has 0 saturated heterocycles. The molecule has 0 radical (unpaired) electrons. The van der Waals surface area contributed by atoms with E-state index in [9.17, 15) is 4.79 Å². The van der Waals surface area contributed by atoms with Crippen LogP contribution < -0.4 is 4.74 Å². The van der Waals surface area contributed by atoms with E-state index in [1.807, 2.05) is 29.9 Å². The van der Waals surface area contributed by atoms with Crippen molar-refractivity contribution in [3.63, 3.8) is 0 Å². The number of carbonyl (C=O) groups is 1. The van der Waals surface area contributed by atoms with Crippen LogP contribution >= 0.6 is 0 Å². The summed E-state index contributed by atoms with van der Waals surface area (Å²) in [5.74, 6) is 0.277. The van der Waals surface area contributed by atoms with Crippen LogP contribution in [0.4, 0.5) is 0 Å². The average Bonchev–Trinajstić information content (AvgIpc) is 3.31. The van der Waals surface area contributed by atoms with Crippen molar-refractivity contribution in [2.24, 2.45) is 0 Å². The van der Waals surface area contributed by atoms with Crippen LogP contribution in [-0.2, 0) is 35.2 Å². The SMILES string of the molecule is CCOC(=O)CC(c1ccc(OC)nc1)n1ccc(CCCc2ccc3c(n2)CCCC3)n1. The number of hydrogen-bond donors (Lipinski definition) is 0. The van der Waals surface area contributed by atoms with Gasteiger partial charge in [0.15, 0.2) is 0 Å². The first-order valence-corrected chi connectivity index (χ1v) is 11.8. The number of aryl methyl sites for hydroxylation is 4. The molecule has 1 atom stereocenters. The van der Waals surface area contributed by atoms with Crippen LogP contribution in [-0.4, -0.2) is 39.4 Å². The standard InChI is InChI=1S/C26H32N4O3/c1-3-33-26(31)17-24(20-12-14-25(32-2)27-18-20)30-16-15-22(29-30)9-6-8-21-13-11-19-7-4-5-10-23(19)28-21/h11-16,18,24H,3-10,17H2,1-2H3. The molecule has 0 bridgehead atoms. The average molecular weight is 449 g/mol. The van der Waals surface area contributed by atoms with Gasteiger partial charge in [0.1, 0.15) is 0 Å². The predicted octanol–water partition coefficient (Wildman–Crippen LogP) is 4.28. The van der Waals surface area contributed by atoms with Crippen molar-refractivity contribution in [2.75, 3.05) is 13.7 Å². The van der Waals surface area contributed by atoms with Gasteiger partial charge in [-0.1, -0.05) is 6.07 Å². The molecule has 1 aliphatic rings. The van der Waals surface area contributed by atoms with Crippen LogP contribution in [0.5, 0.6) is 5.88 Å². The second-order valence-electron chi connectivity index (χ2n) is 8.41. The molecule has 3 aromatic rings. The van der Waals surface area contributed by atoms with Gasteiger partial charge in [0.2, 0.25) is 5.88 Å². The molecule has 1 aliphatic carbocycles. The third-order valence-electron chi connectivity index (χ3n) is 6.10. The summed E-state index contributed by atoms with van der Waals surface area (Å²) in [4.78, 5) is 21.4. The first kappa shape index (κ1) is 23.0. The van der Waals surface area contributed by atoms with E-state index in [0.29, 0.717) is 12.5 Å². The third-order valence-corrected chi connectivity index (χ3v) is 6.10. The first-order valence-electron chi connectivity index (χ1n) is 11.8. The molecule has 0 amide bonds. The van der Waals surface area contributed by atoms with Crippen LogP contribution in [0.15, 0.2) is 42.7 Å². The molecule has 3 aromatic heterocycles. The molecule has 0 aromatic carbocycles. The molecule has 3 heterocycles. The summed E-state index contributed by atoms with van der Waals surface area (Å²) in [5.41, 5.74) is 5.77. The van der Waals surface area contributed by atoms with Gasteiger partial charge in [0, 0.05) is 29.8 Å². The molecule has 33 heavy (non-hydrogen) atoms. The molecule has 7 nitrogen and oxygen atoms in total. The van der Waals surface area contributed by atoms with Crippen LogP contribution in [0.3, 0.4) is 0 Å². The topological polar surface area (TPSA) is 79.1 Å². The van der Waals surface area contributed by atoms with Crippen molar-refractivity contribution in [1.82, 2.24) is 19.7 Å². The molecule has 4 rings (SSSR count). The Bertz CT molecular complexity index is 1060. The Morgan fingerprint density at radius 3 is 2.73 bits per heavy atom. The Morgan fingerprint density at radius 1 is 1.09 bits per heavy atom. The lowest BCUT2D eigenvalue weighted by Crippen LogP contribution is -2.18. The van der Waals surface area contributed by atoms with Crippen molar-refractivity contribution in [3.05, 3.63) is 70.9 Å². The van der Waals surface area contributed by atoms with Gasteiger partial charge in [-0.25, -0.2) is 4.98 Å². The fraction of sp³-hybridized carbons (Fsp3) is 0.462. The molecular formula is C26H32N4O3. The van der Waals surface area contributed by atoms with Gasteiger partial charge in [-0.2, -0.15) is 5.10 Å². The highest BCUT2D eigenvalue weighted by Gasteiger charge is 2.21. The Balaban J connectivity index is 1.41. The zero-order valence-corrected chi connectivity index (χ0v) is 19.5. The van der Waals surface area contributed by atoms with E-state index in [1.54, 1.807) is 19.4 Å². The predicted molar refractivity (Wildman–Crippen MR) is 125 cm³/mol. The lowest BCUT2D eigenvalue weighted by molar-refractivity contribution is -0.143. The Labute approximate surface area is 195 Å². The largest absolute Gasteiger partial charge is 0.481 e. The fourth-order valence-electron chi connectivity index (χ4n) is 4.35. The zero-order chi connectivity index (χ0) is 23.0. The van der Waals surface area contributed by atoms with Crippen LogP contribution in [0.25, 0.3) is 0 Å². The second-order valence-corrected chi connectivity index (χ2v) is 8.41. The zero-order valence-electron chi connectivity index (χ0n) is 19.5. The summed E-state index contributed by atoms with van der Waals surface area (Å²) in [6.45, 7) is 2.17. The number of hydrogen-bond acceptors (Lipinski definition) is 6. The quantitative estimate of drug-likeness (QED) is 0.431. The van der Waals surface area contributed by atoms with E-state index in [-0.39, 0.29) is 18.4 Å². The minimum Gasteiger partial charge on any atom is -0.481 e. The minimum atomic E-state index is -0.279. The van der Waals surface area contributed by atoms with Gasteiger partial charge in [0.25, 0.3) is 0 Å². The van der Waals surface area contributed by atoms with E-state index >= 15 is 0 Å². The van der Waals surface area contributed by atoms with Crippen molar-refractivity contribution in [3.8, 4) is 5.88 Å². The smallest absolute Gasteiger partial charge is 0.308 e. The molecule has 174 valence electrons. The summed E-state index contributed by atoms with van der Waals surface area (Å²) >= 11 is 0. The number of nitrogens with zero attached hydrogens (tertiary/aromatic N) is 4. The molecule has 1 unspecified atom stereocenters. The Hall–Kier alpha value is -3.22. The van der Waals surface area contributed by atoms with Crippen LogP contribution in [0, 0.1) is 0 Å². The summed E-state index contributed by atoms with van der Waals surface area (Å²) < 4.78 is 12.2. The number of pyridine rings is 2. The Morgan fingerprint density at radius 2 is 1.94 bits per heavy atom. The highest BCUT2D eigenvalue weighted by Crippen LogP contribution is 2.24. The van der Waals surface area contributed by atoms with E-state index < -0.39 is 0 Å². The maximum atomic E-state index is 12.2. The molecule has 0 N–H and O–H groups in total. The molecule has 0 aliphatic heterocycles. The van der Waals surface area contributed by atoms with E-state index in [4.69, 9.17) is 19.6 Å². The van der Waals surface area contributed by atoms with Gasteiger partial charge >= 0.3 is 5.97 Å². The van der Waals surface area contributed by atoms with E-state index in [1.165, 1.54) is 29.8 Å². The molecule has 7 heteroatoms. The number of carbonyl (C=O) groups excluding carboxylic acids is 1. The third kappa shape index (κ3) is 5.97. The van der Waals surface area contributed by atoms with E-state index in [2.05, 4.69) is 17.1 Å². The van der Waals surface area contributed by atoms with Crippen molar-refractivity contribution in [1.29, 1.82) is 0 Å². The molecule has 0 spiro atoms. The molecular weight excluding hydrogens is 416 g/mol. The van der Waals surface area contributed by atoms with Crippen LogP contribution in [0.1, 0.15) is 66.9 Å². The second kappa shape index (κ2) is 11.1. The van der Waals surface area contributed by atoms with Gasteiger partial charge in [-0.3, -0.25) is 14.5 Å². The lowest BCUT2D eigenvalue weighted by Gasteiger charge is -2.17. The number of ether oxygens (including phenoxy) is 2. The summed E-state index contributed by atoms with van der Waals surface area (Å²) in [6.07, 6.45) is 11.4. The van der Waals surface area contributed by atoms with Crippen LogP contribution in [0.2, 0.25) is 0 Å². The van der Waals surface area contributed by atoms with Crippen molar-refractivity contribution in [2.45, 2.75) is 64.3 Å². The Kier molecular flexibility index (Phi) is 7.70. The van der Waals surface area contributed by atoms with Gasteiger partial charge < -0.3 is 9.47 Å². The number of esters is 1. The maximum Gasteiger partial charge on any atom is 0.308 e. The summed E-state index contributed by atoms with van der Waals surface area (Å²) in [6, 6.07) is 9.89. The normalized spacial score (nSPS) is 13.9. The monoisotopic (exact) mass is 448 g/mol. The van der Waals surface area contributed by atoms with Gasteiger partial charge in [-0.15, -0.1) is 0 Å². The molecule has 0 fully saturated rings. The summed E-state index contributed by atoms with van der Waals surface area (Å²) in [5, 5.41) is 4.77. The highest BCUT2D eigenvalue weighted by atomic mass is 16.5. The number of methoxy groups -OCH3 is 1. The summed E-state index contributed by atoms with van der Waals surface area (Å²) in [7, 11) is 1.58. The highest BCUT2D eigenvalue weighted by molar-refractivity contribution is 5.70.